The van der Waals surface area contributed by atoms with Crippen LogP contribution in [0.15, 0.2) is 0 Å². The fourth-order valence-electron chi connectivity index (χ4n) is 2.26. The summed E-state index contributed by atoms with van der Waals surface area (Å²) < 4.78 is 0. The summed E-state index contributed by atoms with van der Waals surface area (Å²) in [6.07, 6.45) is 4.66. The molecule has 0 aromatic rings. The van der Waals surface area contributed by atoms with Gasteiger partial charge in [0.2, 0.25) is 0 Å². The van der Waals surface area contributed by atoms with Gasteiger partial charge < -0.3 is 20.1 Å². The van der Waals surface area contributed by atoms with Crippen LogP contribution >= 0.6 is 0 Å². The van der Waals surface area contributed by atoms with Crippen LogP contribution in [0.5, 0.6) is 0 Å². The Morgan fingerprint density at radius 1 is 1.04 bits per heavy atom. The van der Waals surface area contributed by atoms with Crippen LogP contribution in [0.3, 0.4) is 0 Å². The van der Waals surface area contributed by atoms with Crippen molar-refractivity contribution in [1.29, 1.82) is 0 Å². The quantitative estimate of drug-likeness (QED) is 0.218. The molecule has 0 aromatic heterocycles. The van der Waals surface area contributed by atoms with Crippen LogP contribution in [0.1, 0.15) is 71.6 Å². The second-order valence-corrected chi connectivity index (χ2v) is 5.77. The normalized spacial score (nSPS) is 14.4. The van der Waals surface area contributed by atoms with Crippen molar-refractivity contribution < 1.29 is 59.3 Å². The summed E-state index contributed by atoms with van der Waals surface area (Å²) in [5.74, 6) is -3.89. The van der Waals surface area contributed by atoms with Crippen molar-refractivity contribution in [2.75, 3.05) is 0 Å². The van der Waals surface area contributed by atoms with Crippen molar-refractivity contribution in [3.05, 3.63) is 0 Å². The number of hydrogen-bond acceptors (Lipinski definition) is 6. The first-order valence-electron chi connectivity index (χ1n) is 7.93. The van der Waals surface area contributed by atoms with Gasteiger partial charge in [-0.15, -0.1) is 0 Å². The van der Waals surface area contributed by atoms with Gasteiger partial charge in [0.1, 0.15) is 11.9 Å². The van der Waals surface area contributed by atoms with Crippen LogP contribution in [0.25, 0.3) is 0 Å². The number of carbonyl (C=O) groups is 3. The van der Waals surface area contributed by atoms with E-state index in [0.29, 0.717) is 6.42 Å². The summed E-state index contributed by atoms with van der Waals surface area (Å²) in [6.45, 7) is 3.17. The number of aliphatic hydroxyl groups excluding tert-OH is 1. The third kappa shape index (κ3) is 9.57. The molecule has 0 spiro atoms. The molecule has 0 aliphatic carbocycles. The van der Waals surface area contributed by atoms with Crippen molar-refractivity contribution in [1.82, 2.24) is 0 Å². The Labute approximate surface area is 159 Å². The Bertz CT molecular complexity index is 383. The summed E-state index contributed by atoms with van der Waals surface area (Å²) in [4.78, 5) is 34.2. The summed E-state index contributed by atoms with van der Waals surface area (Å²) in [5.41, 5.74) is -2.94. The average molecular weight is 338 g/mol. The van der Waals surface area contributed by atoms with E-state index < -0.39 is 35.7 Å². The molecule has 128 valence electrons. The number of ketones is 2. The Morgan fingerprint density at radius 2 is 1.52 bits per heavy atom. The number of aliphatic hydroxyl groups is 2. The standard InChI is InChI=1S/C16H28O6.Na/c1-3-4-5-6-7-8-9-10-13(18)11-16(22,15(20)21)14(19)12(2)17;/h12,17,22H,3-11H2,1-2H3,(H,20,21);/q;+1/p-1. The minimum atomic E-state index is -2.94. The first-order chi connectivity index (χ1) is 10.3. The van der Waals surface area contributed by atoms with Gasteiger partial charge in [-0.3, -0.25) is 9.59 Å². The zero-order valence-corrected chi connectivity index (χ0v) is 16.5. The van der Waals surface area contributed by atoms with Gasteiger partial charge >= 0.3 is 29.6 Å². The predicted molar refractivity (Wildman–Crippen MR) is 78.9 cm³/mol. The topological polar surface area (TPSA) is 115 Å². The minimum absolute atomic E-state index is 0. The number of carboxylic acid groups (broad SMARTS) is 1. The zero-order chi connectivity index (χ0) is 17.2. The number of rotatable bonds is 13. The van der Waals surface area contributed by atoms with Gasteiger partial charge in [0.25, 0.3) is 0 Å². The molecule has 0 aliphatic heterocycles. The molecular formula is C16H27NaO6. The molecule has 0 bridgehead atoms. The van der Waals surface area contributed by atoms with Crippen molar-refractivity contribution in [2.45, 2.75) is 83.3 Å². The summed E-state index contributed by atoms with van der Waals surface area (Å²) >= 11 is 0. The van der Waals surface area contributed by atoms with E-state index in [4.69, 9.17) is 5.11 Å². The summed E-state index contributed by atoms with van der Waals surface area (Å²) in [6, 6.07) is 0. The van der Waals surface area contributed by atoms with E-state index in [9.17, 15) is 24.6 Å². The smallest absolute Gasteiger partial charge is 0.546 e. The van der Waals surface area contributed by atoms with Crippen molar-refractivity contribution in [3.63, 3.8) is 0 Å². The van der Waals surface area contributed by atoms with Gasteiger partial charge in [-0.1, -0.05) is 45.4 Å². The van der Waals surface area contributed by atoms with Gasteiger partial charge in [0, 0.05) is 12.8 Å². The van der Waals surface area contributed by atoms with Gasteiger partial charge in [0.05, 0.1) is 5.97 Å². The van der Waals surface area contributed by atoms with Crippen LogP contribution in [-0.4, -0.2) is 39.5 Å². The van der Waals surface area contributed by atoms with E-state index in [1.165, 1.54) is 6.42 Å². The zero-order valence-electron chi connectivity index (χ0n) is 14.5. The number of carbonyl (C=O) groups excluding carboxylic acids is 3. The van der Waals surface area contributed by atoms with Crippen molar-refractivity contribution in [3.8, 4) is 0 Å². The van der Waals surface area contributed by atoms with E-state index in [0.717, 1.165) is 39.0 Å². The van der Waals surface area contributed by atoms with Gasteiger partial charge in [0.15, 0.2) is 11.4 Å². The molecule has 0 rings (SSSR count). The van der Waals surface area contributed by atoms with E-state index >= 15 is 0 Å². The molecule has 2 atom stereocenters. The second-order valence-electron chi connectivity index (χ2n) is 5.77. The molecule has 0 amide bonds. The molecule has 0 heterocycles. The van der Waals surface area contributed by atoms with E-state index in [-0.39, 0.29) is 36.0 Å². The van der Waals surface area contributed by atoms with Crippen LogP contribution < -0.4 is 34.7 Å². The first kappa shape index (κ1) is 25.0. The molecule has 0 saturated carbocycles. The number of unbranched alkanes of at least 4 members (excludes halogenated alkanes) is 6. The fourth-order valence-corrected chi connectivity index (χ4v) is 2.26. The third-order valence-electron chi connectivity index (χ3n) is 3.64. The van der Waals surface area contributed by atoms with Gasteiger partial charge in [-0.25, -0.2) is 0 Å². The molecular weight excluding hydrogens is 311 g/mol. The maximum Gasteiger partial charge on any atom is 1.00 e. The molecule has 6 nitrogen and oxygen atoms in total. The van der Waals surface area contributed by atoms with Crippen LogP contribution in [0.4, 0.5) is 0 Å². The van der Waals surface area contributed by atoms with Crippen molar-refractivity contribution >= 4 is 17.5 Å². The Hall–Kier alpha value is -0.270. The molecule has 2 unspecified atom stereocenters. The minimum Gasteiger partial charge on any atom is -0.546 e. The first-order valence-corrected chi connectivity index (χ1v) is 7.93. The number of Topliss-reactive ketones (excluding diaryl/α,β-unsaturated/α-hetero) is 2. The van der Waals surface area contributed by atoms with Gasteiger partial charge in [-0.05, 0) is 13.3 Å². The summed E-state index contributed by atoms with van der Waals surface area (Å²) in [5, 5.41) is 29.9. The van der Waals surface area contributed by atoms with Crippen molar-refractivity contribution in [2.24, 2.45) is 0 Å². The average Bonchev–Trinajstić information content (AvgIpc) is 2.44. The maximum absolute atomic E-state index is 11.7. The van der Waals surface area contributed by atoms with E-state index in [1.54, 1.807) is 0 Å². The van der Waals surface area contributed by atoms with E-state index in [1.807, 2.05) is 0 Å². The molecule has 2 N–H and O–H groups in total. The van der Waals surface area contributed by atoms with Gasteiger partial charge in [-0.2, -0.15) is 0 Å². The Kier molecular flexibility index (Phi) is 14.2. The largest absolute Gasteiger partial charge is 1.00 e. The number of aliphatic carboxylic acids is 1. The molecule has 7 heteroatoms. The molecule has 0 fully saturated rings. The van der Waals surface area contributed by atoms with Crippen LogP contribution in [0.2, 0.25) is 0 Å². The molecule has 23 heavy (non-hydrogen) atoms. The van der Waals surface area contributed by atoms with E-state index in [2.05, 4.69) is 6.92 Å². The molecule has 0 aromatic carbocycles. The van der Waals surface area contributed by atoms with Crippen LogP contribution in [0, 0.1) is 0 Å². The number of hydrogen-bond donors (Lipinski definition) is 2. The molecule has 0 aliphatic rings. The Balaban J connectivity index is 0. The fraction of sp³-hybridized carbons (Fsp3) is 0.812. The maximum atomic E-state index is 11.7. The molecule has 0 radical (unpaired) electrons. The summed E-state index contributed by atoms with van der Waals surface area (Å²) in [7, 11) is 0. The predicted octanol–water partition coefficient (Wildman–Crippen LogP) is -2.48. The second kappa shape index (κ2) is 13.1. The number of carboxylic acids is 1. The SMILES string of the molecule is CCCCCCCCCC(=O)CC(O)(C(=O)[O-])C(=O)C(C)O.[Na+]. The van der Waals surface area contributed by atoms with Crippen LogP contribution in [-0.2, 0) is 14.4 Å². The third-order valence-corrected chi connectivity index (χ3v) is 3.64. The Morgan fingerprint density at radius 3 is 1.96 bits per heavy atom. The molecule has 0 saturated heterocycles. The monoisotopic (exact) mass is 338 g/mol.